The van der Waals surface area contributed by atoms with E-state index < -0.39 is 5.60 Å². The lowest BCUT2D eigenvalue weighted by Gasteiger charge is -2.35. The molecule has 11 nitrogen and oxygen atoms in total. The number of fused-ring (bicyclic) bond motifs is 6. The van der Waals surface area contributed by atoms with E-state index in [-0.39, 0.29) is 6.09 Å². The van der Waals surface area contributed by atoms with E-state index in [1.165, 1.54) is 6.33 Å². The van der Waals surface area contributed by atoms with Gasteiger partial charge < -0.3 is 24.9 Å². The molecule has 45 heavy (non-hydrogen) atoms. The summed E-state index contributed by atoms with van der Waals surface area (Å²) in [5, 5.41) is 7.94. The van der Waals surface area contributed by atoms with Crippen LogP contribution in [0.25, 0.3) is 43.9 Å². The molecular formula is C31H32Br2ClN9O2. The number of carbonyl (C=O) groups excluding carboxylic acids is 1. The number of nitrogens with zero attached hydrogens (tertiary/aromatic N) is 6. The van der Waals surface area contributed by atoms with Crippen LogP contribution < -0.4 is 5.32 Å². The molecule has 3 N–H and O–H groups in total. The maximum Gasteiger partial charge on any atom is 0.410 e. The second-order valence-electron chi connectivity index (χ2n) is 11.7. The summed E-state index contributed by atoms with van der Waals surface area (Å²) in [6.07, 6.45) is 2.80. The van der Waals surface area contributed by atoms with Gasteiger partial charge in [-0.05, 0) is 57.2 Å². The molecule has 0 saturated carbocycles. The molecule has 0 aliphatic carbocycles. The summed E-state index contributed by atoms with van der Waals surface area (Å²) < 4.78 is 7.50. The number of ether oxygens (including phenoxy) is 1. The maximum absolute atomic E-state index is 12.2. The highest BCUT2D eigenvalue weighted by atomic mass is 79.9. The number of halogens is 3. The lowest BCUT2D eigenvalue weighted by molar-refractivity contribution is 0.0148. The second kappa shape index (κ2) is 13.1. The van der Waals surface area contributed by atoms with Crippen LogP contribution in [-0.2, 0) is 4.74 Å². The summed E-state index contributed by atoms with van der Waals surface area (Å²) in [6, 6.07) is 12.1. The van der Waals surface area contributed by atoms with E-state index >= 15 is 0 Å². The molecule has 0 unspecified atom stereocenters. The molecule has 7 rings (SSSR count). The molecular weight excluding hydrogens is 726 g/mol. The number of hydrogen-bond donors (Lipinski definition) is 3. The number of benzene rings is 2. The van der Waals surface area contributed by atoms with E-state index in [9.17, 15) is 4.79 Å². The van der Waals surface area contributed by atoms with Gasteiger partial charge in [-0.3, -0.25) is 4.90 Å². The van der Waals surface area contributed by atoms with Crippen molar-refractivity contribution in [3.63, 3.8) is 0 Å². The summed E-state index contributed by atoms with van der Waals surface area (Å²) in [4.78, 5) is 39.8. The minimum atomic E-state index is -0.459. The number of aromatic amines is 2. The van der Waals surface area contributed by atoms with Crippen LogP contribution in [0.5, 0.6) is 0 Å². The Morgan fingerprint density at radius 1 is 0.889 bits per heavy atom. The third-order valence-corrected chi connectivity index (χ3v) is 8.67. The highest BCUT2D eigenvalue weighted by Crippen LogP contribution is 2.32. The van der Waals surface area contributed by atoms with E-state index in [1.807, 2.05) is 51.1 Å². The number of H-pyrrole nitrogens is 2. The molecule has 1 amide bonds. The molecule has 2 aromatic carbocycles. The van der Waals surface area contributed by atoms with E-state index in [0.29, 0.717) is 18.2 Å². The quantitative estimate of drug-likeness (QED) is 0.159. The third kappa shape index (κ3) is 7.16. The lowest BCUT2D eigenvalue weighted by atomic mass is 10.2. The SMILES string of the molecule is CC(C)(C)OC(=O)N1CCN(CCNc2ncnc3[nH]c4ccc(Br)cc4c23)CC1.Clc1ncnc2[nH]c3ccc(Br)cc3c12. The van der Waals surface area contributed by atoms with Gasteiger partial charge in [0, 0.05) is 70.0 Å². The number of piperazine rings is 1. The summed E-state index contributed by atoms with van der Waals surface area (Å²) >= 11 is 13.0. The van der Waals surface area contributed by atoms with E-state index in [4.69, 9.17) is 16.3 Å². The van der Waals surface area contributed by atoms with Gasteiger partial charge >= 0.3 is 6.09 Å². The minimum Gasteiger partial charge on any atom is -0.444 e. The van der Waals surface area contributed by atoms with E-state index in [2.05, 4.69) is 78.0 Å². The Kier molecular flexibility index (Phi) is 9.14. The standard InChI is InChI=1S/C21H27BrN6O2.C10H5BrClN3/c1-21(2,3)30-20(29)28-10-8-27(9-11-28)7-6-23-18-17-15-12-14(22)4-5-16(15)26-19(17)25-13-24-18;11-5-1-2-7-6(3-5)8-9(12)13-4-14-10(8)15-7/h4-5,12-13H,6-11H2,1-3H3,(H2,23,24,25,26);1-4H,(H,13,14,15). The van der Waals surface area contributed by atoms with Gasteiger partial charge in [0.15, 0.2) is 0 Å². The van der Waals surface area contributed by atoms with Gasteiger partial charge in [0.25, 0.3) is 0 Å². The summed E-state index contributed by atoms with van der Waals surface area (Å²) in [7, 11) is 0. The largest absolute Gasteiger partial charge is 0.444 e. The van der Waals surface area contributed by atoms with E-state index in [1.54, 1.807) is 11.2 Å². The first-order chi connectivity index (χ1) is 21.6. The third-order valence-electron chi connectivity index (χ3n) is 7.40. The van der Waals surface area contributed by atoms with Crippen LogP contribution in [0.3, 0.4) is 0 Å². The zero-order valence-electron chi connectivity index (χ0n) is 25.0. The van der Waals surface area contributed by atoms with E-state index in [0.717, 1.165) is 84.8 Å². The van der Waals surface area contributed by atoms with Crippen LogP contribution in [0.1, 0.15) is 20.8 Å². The molecule has 1 aliphatic heterocycles. The first kappa shape index (κ1) is 31.5. The first-order valence-corrected chi connectivity index (χ1v) is 16.5. The molecule has 4 aromatic heterocycles. The highest BCUT2D eigenvalue weighted by Gasteiger charge is 2.25. The van der Waals surface area contributed by atoms with Crippen LogP contribution in [0.4, 0.5) is 10.6 Å². The van der Waals surface area contributed by atoms with Crippen molar-refractivity contribution >= 4 is 99.2 Å². The van der Waals surface area contributed by atoms with Crippen molar-refractivity contribution < 1.29 is 9.53 Å². The zero-order valence-corrected chi connectivity index (χ0v) is 28.9. The summed E-state index contributed by atoms with van der Waals surface area (Å²) in [5.41, 5.74) is 3.18. The van der Waals surface area contributed by atoms with Gasteiger partial charge in [-0.1, -0.05) is 43.5 Å². The second-order valence-corrected chi connectivity index (χ2v) is 13.9. The Morgan fingerprint density at radius 2 is 1.47 bits per heavy atom. The Balaban J connectivity index is 0.000000198. The van der Waals surface area contributed by atoms with Crippen molar-refractivity contribution in [3.8, 4) is 0 Å². The van der Waals surface area contributed by atoms with Gasteiger partial charge in [0.05, 0.1) is 10.8 Å². The van der Waals surface area contributed by atoms with Crippen molar-refractivity contribution in [3.05, 3.63) is 63.2 Å². The van der Waals surface area contributed by atoms with Gasteiger partial charge in [0.1, 0.15) is 40.5 Å². The number of carbonyl (C=O) groups is 1. The van der Waals surface area contributed by atoms with Gasteiger partial charge in [0.2, 0.25) is 0 Å². The van der Waals surface area contributed by atoms with Crippen LogP contribution in [-0.4, -0.2) is 90.7 Å². The number of nitrogens with one attached hydrogen (secondary N) is 3. The molecule has 0 atom stereocenters. The predicted molar refractivity (Wildman–Crippen MR) is 186 cm³/mol. The molecule has 14 heteroatoms. The number of hydrogen-bond acceptors (Lipinski definition) is 8. The average Bonchev–Trinajstić information content (AvgIpc) is 3.56. The molecule has 1 saturated heterocycles. The number of anilines is 1. The van der Waals surface area contributed by atoms with Gasteiger partial charge in [-0.15, -0.1) is 0 Å². The molecule has 1 aliphatic rings. The Labute approximate surface area is 281 Å². The first-order valence-electron chi connectivity index (χ1n) is 14.5. The smallest absolute Gasteiger partial charge is 0.410 e. The Bertz CT molecular complexity index is 2000. The Morgan fingerprint density at radius 3 is 2.09 bits per heavy atom. The van der Waals surface area contributed by atoms with Crippen LogP contribution in [0, 0.1) is 0 Å². The highest BCUT2D eigenvalue weighted by molar-refractivity contribution is 9.10. The molecule has 0 bridgehead atoms. The van der Waals surface area contributed by atoms with Gasteiger partial charge in [-0.25, -0.2) is 24.7 Å². The van der Waals surface area contributed by atoms with Gasteiger partial charge in [-0.2, -0.15) is 0 Å². The molecule has 234 valence electrons. The lowest BCUT2D eigenvalue weighted by Crippen LogP contribution is -2.50. The van der Waals surface area contributed by atoms with Crippen molar-refractivity contribution in [1.29, 1.82) is 0 Å². The molecule has 0 radical (unpaired) electrons. The van der Waals surface area contributed by atoms with Crippen LogP contribution >= 0.6 is 43.5 Å². The minimum absolute atomic E-state index is 0.228. The number of amides is 1. The predicted octanol–water partition coefficient (Wildman–Crippen LogP) is 7.37. The average molecular weight is 758 g/mol. The molecule has 1 fully saturated rings. The fraction of sp³-hybridized carbons (Fsp3) is 0.323. The monoisotopic (exact) mass is 755 g/mol. The fourth-order valence-electron chi connectivity index (χ4n) is 5.30. The van der Waals surface area contributed by atoms with Crippen molar-refractivity contribution in [2.45, 2.75) is 26.4 Å². The van der Waals surface area contributed by atoms with Crippen molar-refractivity contribution in [2.24, 2.45) is 0 Å². The molecule has 5 heterocycles. The number of rotatable bonds is 4. The summed E-state index contributed by atoms with van der Waals surface area (Å²) in [5.74, 6) is 0.830. The maximum atomic E-state index is 12.2. The normalized spacial score (nSPS) is 14.2. The van der Waals surface area contributed by atoms with Crippen LogP contribution in [0.2, 0.25) is 5.15 Å². The Hall–Kier alpha value is -3.52. The van der Waals surface area contributed by atoms with Crippen molar-refractivity contribution in [2.75, 3.05) is 44.6 Å². The summed E-state index contributed by atoms with van der Waals surface area (Å²) in [6.45, 7) is 10.3. The molecule has 0 spiro atoms. The van der Waals surface area contributed by atoms with Crippen molar-refractivity contribution in [1.82, 2.24) is 39.7 Å². The fourth-order valence-corrected chi connectivity index (χ4v) is 6.26. The zero-order chi connectivity index (χ0) is 31.7. The van der Waals surface area contributed by atoms with Crippen LogP contribution in [0.15, 0.2) is 58.0 Å². The molecule has 6 aromatic rings. The topological polar surface area (TPSA) is 128 Å². The number of aromatic nitrogens is 6.